The number of halogens is 1. The normalized spacial score (nSPS) is 10.4. The number of aromatic nitrogens is 1. The number of oxazole rings is 1. The maximum Gasteiger partial charge on any atom is 0.227 e. The molecule has 2 aromatic carbocycles. The molecule has 0 fully saturated rings. The number of hydrogen-bond acceptors (Lipinski definition) is 3. The summed E-state index contributed by atoms with van der Waals surface area (Å²) < 4.78 is 6.84. The lowest BCUT2D eigenvalue weighted by Crippen LogP contribution is -1.77. The molecular formula is C14H7IN2O. The summed E-state index contributed by atoms with van der Waals surface area (Å²) in [4.78, 5) is 4.40. The van der Waals surface area contributed by atoms with Gasteiger partial charge in [0.2, 0.25) is 5.89 Å². The fraction of sp³-hybridized carbons (Fsp3) is 0. The van der Waals surface area contributed by atoms with Crippen molar-refractivity contribution in [3.05, 3.63) is 51.6 Å². The van der Waals surface area contributed by atoms with Gasteiger partial charge < -0.3 is 4.42 Å². The van der Waals surface area contributed by atoms with Crippen molar-refractivity contribution in [3.63, 3.8) is 0 Å². The molecule has 4 heteroatoms. The highest BCUT2D eigenvalue weighted by atomic mass is 127. The third-order valence-corrected chi connectivity index (χ3v) is 3.33. The van der Waals surface area contributed by atoms with E-state index >= 15 is 0 Å². The van der Waals surface area contributed by atoms with E-state index in [1.165, 1.54) is 3.57 Å². The molecule has 0 saturated carbocycles. The number of benzene rings is 2. The smallest absolute Gasteiger partial charge is 0.227 e. The standard InChI is InChI=1S/C14H7IN2O/c15-11-4-2-10(3-5-11)14-17-12-7-9(8-16)1-6-13(12)18-14/h1-7H. The molecule has 0 bridgehead atoms. The van der Waals surface area contributed by atoms with E-state index in [1.807, 2.05) is 24.3 Å². The average molecular weight is 346 g/mol. The third-order valence-electron chi connectivity index (χ3n) is 2.61. The number of hydrogen-bond donors (Lipinski definition) is 0. The van der Waals surface area contributed by atoms with Crippen LogP contribution >= 0.6 is 22.6 Å². The second-order valence-electron chi connectivity index (χ2n) is 3.82. The van der Waals surface area contributed by atoms with Gasteiger partial charge in [0.1, 0.15) is 5.52 Å². The van der Waals surface area contributed by atoms with Crippen molar-refractivity contribution in [2.75, 3.05) is 0 Å². The van der Waals surface area contributed by atoms with E-state index in [0.29, 0.717) is 22.6 Å². The molecular weight excluding hydrogens is 339 g/mol. The predicted molar refractivity (Wildman–Crippen MR) is 76.9 cm³/mol. The summed E-state index contributed by atoms with van der Waals surface area (Å²) in [5.74, 6) is 0.580. The van der Waals surface area contributed by atoms with Gasteiger partial charge >= 0.3 is 0 Å². The molecule has 0 spiro atoms. The lowest BCUT2D eigenvalue weighted by atomic mass is 10.2. The van der Waals surface area contributed by atoms with Gasteiger partial charge in [0.15, 0.2) is 5.58 Å². The Morgan fingerprint density at radius 2 is 1.89 bits per heavy atom. The van der Waals surface area contributed by atoms with Crippen molar-refractivity contribution in [2.45, 2.75) is 0 Å². The first-order valence-electron chi connectivity index (χ1n) is 5.33. The Kier molecular flexibility index (Phi) is 2.76. The first-order chi connectivity index (χ1) is 8.76. The third kappa shape index (κ3) is 1.97. The highest BCUT2D eigenvalue weighted by Gasteiger charge is 2.08. The fourth-order valence-corrected chi connectivity index (χ4v) is 2.07. The van der Waals surface area contributed by atoms with Gasteiger partial charge in [-0.3, -0.25) is 0 Å². The summed E-state index contributed by atoms with van der Waals surface area (Å²) in [7, 11) is 0. The molecule has 0 atom stereocenters. The molecule has 3 aromatic rings. The molecule has 0 amide bonds. The van der Waals surface area contributed by atoms with Gasteiger partial charge in [0.25, 0.3) is 0 Å². The van der Waals surface area contributed by atoms with Crippen molar-refractivity contribution in [1.29, 1.82) is 5.26 Å². The van der Waals surface area contributed by atoms with Crippen molar-refractivity contribution in [3.8, 4) is 17.5 Å². The molecule has 0 aliphatic carbocycles. The quantitative estimate of drug-likeness (QED) is 0.627. The van der Waals surface area contributed by atoms with Crippen molar-refractivity contribution < 1.29 is 4.42 Å². The molecule has 86 valence electrons. The summed E-state index contributed by atoms with van der Waals surface area (Å²) in [5, 5.41) is 8.84. The molecule has 0 N–H and O–H groups in total. The number of rotatable bonds is 1. The first kappa shape index (κ1) is 11.2. The van der Waals surface area contributed by atoms with E-state index in [0.717, 1.165) is 5.56 Å². The van der Waals surface area contributed by atoms with Crippen molar-refractivity contribution >= 4 is 33.7 Å². The summed E-state index contributed by atoms with van der Waals surface area (Å²) >= 11 is 2.25. The van der Waals surface area contributed by atoms with E-state index in [9.17, 15) is 0 Å². The average Bonchev–Trinajstić information content (AvgIpc) is 2.82. The fourth-order valence-electron chi connectivity index (χ4n) is 1.71. The van der Waals surface area contributed by atoms with Gasteiger partial charge in [-0.15, -0.1) is 0 Å². The molecule has 0 aliphatic heterocycles. The Morgan fingerprint density at radius 1 is 1.11 bits per heavy atom. The maximum absolute atomic E-state index is 8.84. The Bertz CT molecular complexity index is 754. The number of nitrogens with zero attached hydrogens (tertiary/aromatic N) is 2. The van der Waals surface area contributed by atoms with Gasteiger partial charge in [-0.05, 0) is 65.1 Å². The summed E-state index contributed by atoms with van der Waals surface area (Å²) in [6, 6.07) is 15.3. The van der Waals surface area contributed by atoms with Crippen molar-refractivity contribution in [2.24, 2.45) is 0 Å². The van der Waals surface area contributed by atoms with Gasteiger partial charge in [0.05, 0.1) is 11.6 Å². The molecule has 3 nitrogen and oxygen atoms in total. The van der Waals surface area contributed by atoms with E-state index < -0.39 is 0 Å². The zero-order valence-corrected chi connectivity index (χ0v) is 11.4. The number of nitriles is 1. The molecule has 1 aromatic heterocycles. The van der Waals surface area contributed by atoms with Crippen LogP contribution in [0.4, 0.5) is 0 Å². The zero-order valence-electron chi connectivity index (χ0n) is 9.22. The molecule has 0 aliphatic rings. The van der Waals surface area contributed by atoms with Crippen LogP contribution in [0.1, 0.15) is 5.56 Å². The van der Waals surface area contributed by atoms with E-state index in [4.69, 9.17) is 9.68 Å². The van der Waals surface area contributed by atoms with Crippen LogP contribution in [0.3, 0.4) is 0 Å². The monoisotopic (exact) mass is 346 g/mol. The molecule has 0 radical (unpaired) electrons. The zero-order chi connectivity index (χ0) is 12.5. The highest BCUT2D eigenvalue weighted by Crippen LogP contribution is 2.25. The summed E-state index contributed by atoms with van der Waals surface area (Å²) in [5.41, 5.74) is 2.93. The Morgan fingerprint density at radius 3 is 2.61 bits per heavy atom. The van der Waals surface area contributed by atoms with Crippen LogP contribution in [0.5, 0.6) is 0 Å². The van der Waals surface area contributed by atoms with Crippen LogP contribution in [-0.4, -0.2) is 4.98 Å². The van der Waals surface area contributed by atoms with Crippen LogP contribution in [0.2, 0.25) is 0 Å². The van der Waals surface area contributed by atoms with Gasteiger partial charge in [-0.2, -0.15) is 5.26 Å². The highest BCUT2D eigenvalue weighted by molar-refractivity contribution is 14.1. The number of fused-ring (bicyclic) bond motifs is 1. The molecule has 18 heavy (non-hydrogen) atoms. The maximum atomic E-state index is 8.84. The second kappa shape index (κ2) is 4.42. The van der Waals surface area contributed by atoms with Crippen LogP contribution in [0.15, 0.2) is 46.9 Å². The minimum atomic E-state index is 0.580. The molecule has 0 unspecified atom stereocenters. The van der Waals surface area contributed by atoms with E-state index in [-0.39, 0.29) is 0 Å². The molecule has 1 heterocycles. The Balaban J connectivity index is 2.13. The second-order valence-corrected chi connectivity index (χ2v) is 5.07. The van der Waals surface area contributed by atoms with Crippen LogP contribution in [-0.2, 0) is 0 Å². The van der Waals surface area contributed by atoms with E-state index in [1.54, 1.807) is 18.2 Å². The molecule has 0 saturated heterocycles. The molecule has 3 rings (SSSR count). The SMILES string of the molecule is N#Cc1ccc2oc(-c3ccc(I)cc3)nc2c1. The van der Waals surface area contributed by atoms with Gasteiger partial charge in [-0.1, -0.05) is 0 Å². The Labute approximate surface area is 117 Å². The van der Waals surface area contributed by atoms with Crippen molar-refractivity contribution in [1.82, 2.24) is 4.98 Å². The minimum absolute atomic E-state index is 0.580. The van der Waals surface area contributed by atoms with Crippen LogP contribution in [0, 0.1) is 14.9 Å². The summed E-state index contributed by atoms with van der Waals surface area (Å²) in [6.45, 7) is 0. The van der Waals surface area contributed by atoms with Gasteiger partial charge in [0, 0.05) is 9.13 Å². The predicted octanol–water partition coefficient (Wildman–Crippen LogP) is 3.97. The van der Waals surface area contributed by atoms with Gasteiger partial charge in [-0.25, -0.2) is 4.98 Å². The lowest BCUT2D eigenvalue weighted by molar-refractivity contribution is 0.620. The lowest BCUT2D eigenvalue weighted by Gasteiger charge is -1.94. The van der Waals surface area contributed by atoms with E-state index in [2.05, 4.69) is 33.6 Å². The minimum Gasteiger partial charge on any atom is -0.436 e. The first-order valence-corrected chi connectivity index (χ1v) is 6.41. The van der Waals surface area contributed by atoms with Crippen LogP contribution < -0.4 is 0 Å². The Hall–Kier alpha value is -1.87. The van der Waals surface area contributed by atoms with Crippen LogP contribution in [0.25, 0.3) is 22.6 Å². The topological polar surface area (TPSA) is 49.8 Å². The summed E-state index contributed by atoms with van der Waals surface area (Å²) in [6.07, 6.45) is 0. The largest absolute Gasteiger partial charge is 0.436 e.